The minimum Gasteiger partial charge on any atom is -0.444 e. The van der Waals surface area contributed by atoms with Gasteiger partial charge in [-0.25, -0.2) is 23.2 Å². The molecular formula is C29H30F2N6O2. The van der Waals surface area contributed by atoms with Crippen LogP contribution >= 0.6 is 0 Å². The second-order valence-corrected chi connectivity index (χ2v) is 11.2. The summed E-state index contributed by atoms with van der Waals surface area (Å²) in [5.41, 5.74) is 4.23. The van der Waals surface area contributed by atoms with Crippen LogP contribution < -0.4 is 4.90 Å². The molecule has 2 aromatic carbocycles. The van der Waals surface area contributed by atoms with Crippen molar-refractivity contribution in [3.8, 4) is 28.3 Å². The van der Waals surface area contributed by atoms with Gasteiger partial charge in [-0.3, -0.25) is 0 Å². The predicted molar refractivity (Wildman–Crippen MR) is 144 cm³/mol. The molecule has 2 aliphatic heterocycles. The lowest BCUT2D eigenvalue weighted by molar-refractivity contribution is 0.0238. The van der Waals surface area contributed by atoms with Gasteiger partial charge in [0.05, 0.1) is 17.4 Å². The molecule has 39 heavy (non-hydrogen) atoms. The number of ether oxygens (including phenoxy) is 1. The van der Waals surface area contributed by atoms with Gasteiger partial charge in [0.1, 0.15) is 23.6 Å². The maximum atomic E-state index is 14.6. The van der Waals surface area contributed by atoms with Crippen LogP contribution in [-0.4, -0.2) is 62.1 Å². The number of aromatic nitrogens is 4. The Morgan fingerprint density at radius 2 is 1.95 bits per heavy atom. The highest BCUT2D eigenvalue weighted by Crippen LogP contribution is 2.36. The summed E-state index contributed by atoms with van der Waals surface area (Å²) in [6.45, 7) is 7.64. The molecule has 202 valence electrons. The van der Waals surface area contributed by atoms with Gasteiger partial charge in [-0.2, -0.15) is 5.10 Å². The number of rotatable bonds is 3. The number of hydrogen-bond acceptors (Lipinski definition) is 5. The first-order valence-corrected chi connectivity index (χ1v) is 13.0. The third-order valence-electron chi connectivity index (χ3n) is 7.31. The molecule has 0 saturated carbocycles. The summed E-state index contributed by atoms with van der Waals surface area (Å²) < 4.78 is 37.5. The van der Waals surface area contributed by atoms with Gasteiger partial charge in [-0.05, 0) is 69.2 Å². The molecule has 2 aliphatic rings. The normalized spacial score (nSPS) is 16.4. The Labute approximate surface area is 225 Å². The highest BCUT2D eigenvalue weighted by Gasteiger charge is 2.32. The van der Waals surface area contributed by atoms with Gasteiger partial charge in [0.25, 0.3) is 0 Å². The van der Waals surface area contributed by atoms with Gasteiger partial charge in [0.2, 0.25) is 0 Å². The SMILES string of the molecule is CN(C(=O)OC(C)(C)C)[C@H]1CCN(c2ccc3c(c2)Cn2cc(-c4ccc(F)cc4F)cc2-c2ncnn2-3)C1. The van der Waals surface area contributed by atoms with Crippen molar-refractivity contribution in [3.63, 3.8) is 0 Å². The van der Waals surface area contributed by atoms with Crippen LogP contribution in [0.4, 0.5) is 19.3 Å². The molecule has 6 rings (SSSR count). The minimum absolute atomic E-state index is 0.0461. The number of benzene rings is 2. The van der Waals surface area contributed by atoms with Crippen LogP contribution in [0.25, 0.3) is 28.3 Å². The van der Waals surface area contributed by atoms with E-state index >= 15 is 0 Å². The van der Waals surface area contributed by atoms with E-state index in [4.69, 9.17) is 4.74 Å². The number of carbonyl (C=O) groups excluding carboxylic acids is 1. The van der Waals surface area contributed by atoms with E-state index < -0.39 is 17.2 Å². The Bertz CT molecular complexity index is 1570. The molecule has 2 aromatic heterocycles. The van der Waals surface area contributed by atoms with Crippen molar-refractivity contribution < 1.29 is 18.3 Å². The van der Waals surface area contributed by atoms with E-state index in [9.17, 15) is 13.6 Å². The van der Waals surface area contributed by atoms with Crippen LogP contribution in [0, 0.1) is 11.6 Å². The first kappa shape index (κ1) is 25.1. The topological polar surface area (TPSA) is 68.4 Å². The minimum atomic E-state index is -0.611. The van der Waals surface area contributed by atoms with Crippen molar-refractivity contribution in [2.75, 3.05) is 25.0 Å². The third kappa shape index (κ3) is 4.64. The van der Waals surface area contributed by atoms with Crippen LogP contribution in [-0.2, 0) is 11.3 Å². The molecule has 10 heteroatoms. The van der Waals surface area contributed by atoms with E-state index in [1.807, 2.05) is 43.7 Å². The van der Waals surface area contributed by atoms with Gasteiger partial charge in [0.15, 0.2) is 5.82 Å². The Kier molecular flexibility index (Phi) is 5.93. The van der Waals surface area contributed by atoms with Crippen LogP contribution in [0.5, 0.6) is 0 Å². The van der Waals surface area contributed by atoms with Gasteiger partial charge < -0.3 is 19.1 Å². The van der Waals surface area contributed by atoms with E-state index in [1.165, 1.54) is 18.5 Å². The van der Waals surface area contributed by atoms with Crippen molar-refractivity contribution in [3.05, 3.63) is 72.2 Å². The van der Waals surface area contributed by atoms with Crippen molar-refractivity contribution >= 4 is 11.8 Å². The fourth-order valence-corrected chi connectivity index (χ4v) is 5.35. The molecular weight excluding hydrogens is 502 g/mol. The zero-order valence-electron chi connectivity index (χ0n) is 22.4. The second-order valence-electron chi connectivity index (χ2n) is 11.2. The smallest absolute Gasteiger partial charge is 0.410 e. The number of hydrogen-bond donors (Lipinski definition) is 0. The third-order valence-corrected chi connectivity index (χ3v) is 7.31. The Balaban J connectivity index is 1.29. The average Bonchev–Trinajstić information content (AvgIpc) is 3.61. The van der Waals surface area contributed by atoms with E-state index in [0.29, 0.717) is 30.0 Å². The zero-order chi connectivity index (χ0) is 27.5. The van der Waals surface area contributed by atoms with Crippen LogP contribution in [0.1, 0.15) is 32.8 Å². The zero-order valence-corrected chi connectivity index (χ0v) is 22.4. The fraction of sp³-hybridized carbons (Fsp3) is 0.345. The van der Waals surface area contributed by atoms with E-state index in [0.717, 1.165) is 41.7 Å². The molecule has 1 atom stereocenters. The summed E-state index contributed by atoms with van der Waals surface area (Å²) in [4.78, 5) is 21.0. The van der Waals surface area contributed by atoms with Crippen molar-refractivity contribution in [1.29, 1.82) is 0 Å². The molecule has 4 heterocycles. The molecule has 1 amide bonds. The lowest BCUT2D eigenvalue weighted by Gasteiger charge is -2.29. The molecule has 4 aromatic rings. The summed E-state index contributed by atoms with van der Waals surface area (Å²) in [6, 6.07) is 11.8. The van der Waals surface area contributed by atoms with Crippen molar-refractivity contribution in [1.82, 2.24) is 24.2 Å². The quantitative estimate of drug-likeness (QED) is 0.308. The number of nitrogens with zero attached hydrogens (tertiary/aromatic N) is 6. The summed E-state index contributed by atoms with van der Waals surface area (Å²) in [5.74, 6) is -0.574. The maximum Gasteiger partial charge on any atom is 0.410 e. The van der Waals surface area contributed by atoms with Gasteiger partial charge in [0, 0.05) is 55.8 Å². The average molecular weight is 533 g/mol. The number of likely N-dealkylation sites (N-methyl/N-ethyl adjacent to an activating group) is 1. The largest absolute Gasteiger partial charge is 0.444 e. The van der Waals surface area contributed by atoms with Crippen molar-refractivity contribution in [2.45, 2.75) is 45.4 Å². The molecule has 0 N–H and O–H groups in total. The second kappa shape index (κ2) is 9.21. The summed E-state index contributed by atoms with van der Waals surface area (Å²) >= 11 is 0. The van der Waals surface area contributed by atoms with E-state index in [-0.39, 0.29) is 12.1 Å². The molecule has 1 saturated heterocycles. The van der Waals surface area contributed by atoms with E-state index in [1.54, 1.807) is 16.6 Å². The number of amides is 1. The maximum absolute atomic E-state index is 14.6. The van der Waals surface area contributed by atoms with E-state index in [2.05, 4.69) is 27.1 Å². The van der Waals surface area contributed by atoms with Gasteiger partial charge in [-0.1, -0.05) is 0 Å². The predicted octanol–water partition coefficient (Wildman–Crippen LogP) is 5.49. The molecule has 0 unspecified atom stereocenters. The highest BCUT2D eigenvalue weighted by molar-refractivity contribution is 5.72. The summed E-state index contributed by atoms with van der Waals surface area (Å²) in [5, 5.41) is 4.48. The molecule has 0 aliphatic carbocycles. The molecule has 0 spiro atoms. The first-order valence-electron chi connectivity index (χ1n) is 13.0. The van der Waals surface area contributed by atoms with Crippen LogP contribution in [0.15, 0.2) is 55.0 Å². The van der Waals surface area contributed by atoms with Crippen molar-refractivity contribution in [2.24, 2.45) is 0 Å². The molecule has 1 fully saturated rings. The molecule has 0 bridgehead atoms. The Morgan fingerprint density at radius 3 is 2.72 bits per heavy atom. The fourth-order valence-electron chi connectivity index (χ4n) is 5.35. The molecule has 0 radical (unpaired) electrons. The Morgan fingerprint density at radius 1 is 1.13 bits per heavy atom. The number of halogens is 2. The number of carbonyl (C=O) groups is 1. The highest BCUT2D eigenvalue weighted by atomic mass is 19.1. The van der Waals surface area contributed by atoms with Crippen LogP contribution in [0.2, 0.25) is 0 Å². The summed E-state index contributed by atoms with van der Waals surface area (Å²) in [7, 11) is 1.79. The van der Waals surface area contributed by atoms with Gasteiger partial charge in [-0.15, -0.1) is 0 Å². The van der Waals surface area contributed by atoms with Crippen LogP contribution in [0.3, 0.4) is 0 Å². The molecule has 8 nitrogen and oxygen atoms in total. The first-order chi connectivity index (χ1) is 18.6. The Hall–Kier alpha value is -4.21. The monoisotopic (exact) mass is 532 g/mol. The number of fused-ring (bicyclic) bond motifs is 5. The van der Waals surface area contributed by atoms with Gasteiger partial charge >= 0.3 is 6.09 Å². The standard InChI is InChI=1S/C29H30F2N6O2/c1-29(2,3)39-28(38)34(4)22-9-10-35(16-22)21-6-8-25-19(11-21)15-36-14-18(23-7-5-20(30)13-24(23)31)12-26(36)27-32-17-33-37(25)27/h5-8,11-14,17,22H,9-10,15-16H2,1-4H3/t22-/m0/s1. The summed E-state index contributed by atoms with van der Waals surface area (Å²) in [6.07, 6.45) is 3.90. The lowest BCUT2D eigenvalue weighted by atomic mass is 10.1. The number of anilines is 1. The lowest BCUT2D eigenvalue weighted by Crippen LogP contribution is -2.42.